The Labute approximate surface area is 94.5 Å². The second-order valence-electron chi connectivity index (χ2n) is 3.73. The van der Waals surface area contributed by atoms with Gasteiger partial charge in [-0.25, -0.2) is 0 Å². The quantitative estimate of drug-likeness (QED) is 0.832. The van der Waals surface area contributed by atoms with E-state index >= 15 is 0 Å². The molecule has 0 saturated carbocycles. The van der Waals surface area contributed by atoms with Gasteiger partial charge in [0.25, 0.3) is 0 Å². The summed E-state index contributed by atoms with van der Waals surface area (Å²) in [7, 11) is 1.89. The van der Waals surface area contributed by atoms with Gasteiger partial charge in [0.1, 0.15) is 0 Å². The third kappa shape index (κ3) is 2.43. The molecule has 0 amide bonds. The van der Waals surface area contributed by atoms with E-state index in [2.05, 4.69) is 27.5 Å². The maximum atomic E-state index is 4.00. The number of aromatic nitrogens is 4. The minimum absolute atomic E-state index is 0.290. The third-order valence-corrected chi connectivity index (χ3v) is 2.60. The summed E-state index contributed by atoms with van der Waals surface area (Å²) in [4.78, 5) is 4.00. The Morgan fingerprint density at radius 2 is 2.12 bits per heavy atom. The first-order valence-electron chi connectivity index (χ1n) is 5.24. The van der Waals surface area contributed by atoms with Crippen LogP contribution in [0.2, 0.25) is 0 Å². The fraction of sp³-hybridized carbons (Fsp3) is 0.364. The van der Waals surface area contributed by atoms with Crippen LogP contribution < -0.4 is 5.32 Å². The summed E-state index contributed by atoms with van der Waals surface area (Å²) in [6.07, 6.45) is 5.38. The number of rotatable bonds is 4. The lowest BCUT2D eigenvalue weighted by molar-refractivity contribution is 0.546. The Morgan fingerprint density at radius 3 is 2.75 bits per heavy atom. The molecular formula is C11H15N5. The average Bonchev–Trinajstić information content (AvgIpc) is 2.73. The molecule has 2 rings (SSSR count). The Balaban J connectivity index is 1.94. The molecule has 0 saturated heterocycles. The van der Waals surface area contributed by atoms with Crippen molar-refractivity contribution in [1.29, 1.82) is 0 Å². The fourth-order valence-corrected chi connectivity index (χ4v) is 1.50. The molecule has 16 heavy (non-hydrogen) atoms. The van der Waals surface area contributed by atoms with Gasteiger partial charge in [0, 0.05) is 32.0 Å². The van der Waals surface area contributed by atoms with Crippen molar-refractivity contribution in [2.45, 2.75) is 19.5 Å². The zero-order chi connectivity index (χ0) is 11.4. The Kier molecular flexibility index (Phi) is 3.26. The summed E-state index contributed by atoms with van der Waals surface area (Å²) < 4.78 is 1.77. The van der Waals surface area contributed by atoms with Crippen molar-refractivity contribution in [1.82, 2.24) is 25.3 Å². The van der Waals surface area contributed by atoms with Crippen LogP contribution in [0, 0.1) is 0 Å². The van der Waals surface area contributed by atoms with Gasteiger partial charge < -0.3 is 5.32 Å². The summed E-state index contributed by atoms with van der Waals surface area (Å²) >= 11 is 0. The van der Waals surface area contributed by atoms with Gasteiger partial charge in [-0.2, -0.15) is 0 Å². The zero-order valence-electron chi connectivity index (χ0n) is 9.46. The molecule has 0 radical (unpaired) electrons. The molecule has 0 bridgehead atoms. The Hall–Kier alpha value is -1.75. The zero-order valence-corrected chi connectivity index (χ0v) is 9.46. The maximum Gasteiger partial charge on any atom is 0.0738 e. The van der Waals surface area contributed by atoms with E-state index in [0.717, 1.165) is 12.2 Å². The lowest BCUT2D eigenvalue weighted by Gasteiger charge is -2.13. The van der Waals surface area contributed by atoms with Gasteiger partial charge in [-0.3, -0.25) is 9.67 Å². The molecule has 5 nitrogen and oxygen atoms in total. The molecule has 1 N–H and O–H groups in total. The highest BCUT2D eigenvalue weighted by Gasteiger charge is 2.05. The van der Waals surface area contributed by atoms with Gasteiger partial charge in [0.05, 0.1) is 11.9 Å². The number of hydrogen-bond donors (Lipinski definition) is 1. The fourth-order valence-electron chi connectivity index (χ4n) is 1.50. The molecule has 1 atom stereocenters. The highest BCUT2D eigenvalue weighted by molar-refractivity contribution is 5.14. The van der Waals surface area contributed by atoms with Crippen LogP contribution >= 0.6 is 0 Å². The van der Waals surface area contributed by atoms with Crippen molar-refractivity contribution < 1.29 is 0 Å². The van der Waals surface area contributed by atoms with Crippen molar-refractivity contribution in [3.63, 3.8) is 0 Å². The van der Waals surface area contributed by atoms with E-state index in [9.17, 15) is 0 Å². The van der Waals surface area contributed by atoms with E-state index in [0.29, 0.717) is 0 Å². The van der Waals surface area contributed by atoms with E-state index in [1.54, 1.807) is 23.3 Å². The molecule has 0 aliphatic heterocycles. The Morgan fingerprint density at radius 1 is 1.38 bits per heavy atom. The molecule has 2 heterocycles. The highest BCUT2D eigenvalue weighted by Crippen LogP contribution is 2.10. The predicted octanol–water partition coefficient (Wildman–Crippen LogP) is 1.06. The number of nitrogens with zero attached hydrogens (tertiary/aromatic N) is 4. The van der Waals surface area contributed by atoms with Gasteiger partial charge in [0.15, 0.2) is 0 Å². The maximum absolute atomic E-state index is 4.00. The summed E-state index contributed by atoms with van der Waals surface area (Å²) in [6, 6.07) is 4.32. The topological polar surface area (TPSA) is 55.6 Å². The van der Waals surface area contributed by atoms with E-state index in [-0.39, 0.29) is 6.04 Å². The van der Waals surface area contributed by atoms with Gasteiger partial charge in [-0.05, 0) is 24.6 Å². The second-order valence-corrected chi connectivity index (χ2v) is 3.73. The molecule has 1 unspecified atom stereocenters. The first-order chi connectivity index (χ1) is 7.77. The molecule has 0 aromatic carbocycles. The summed E-state index contributed by atoms with van der Waals surface area (Å²) in [5, 5.41) is 11.1. The van der Waals surface area contributed by atoms with E-state index in [1.165, 1.54) is 5.56 Å². The van der Waals surface area contributed by atoms with Crippen molar-refractivity contribution in [3.05, 3.63) is 42.0 Å². The number of hydrogen-bond acceptors (Lipinski definition) is 4. The van der Waals surface area contributed by atoms with Crippen LogP contribution in [0.5, 0.6) is 0 Å². The van der Waals surface area contributed by atoms with Crippen molar-refractivity contribution >= 4 is 0 Å². The van der Waals surface area contributed by atoms with Crippen LogP contribution in [0.1, 0.15) is 24.2 Å². The average molecular weight is 217 g/mol. The van der Waals surface area contributed by atoms with Gasteiger partial charge >= 0.3 is 0 Å². The van der Waals surface area contributed by atoms with Crippen molar-refractivity contribution in [2.75, 3.05) is 0 Å². The van der Waals surface area contributed by atoms with Crippen LogP contribution in [0.4, 0.5) is 0 Å². The van der Waals surface area contributed by atoms with Crippen LogP contribution in [0.15, 0.2) is 30.7 Å². The lowest BCUT2D eigenvalue weighted by Crippen LogP contribution is -2.19. The molecule has 0 aliphatic rings. The van der Waals surface area contributed by atoms with Gasteiger partial charge in [-0.15, -0.1) is 5.10 Å². The minimum atomic E-state index is 0.290. The number of nitrogens with one attached hydrogen (secondary N) is 1. The van der Waals surface area contributed by atoms with Gasteiger partial charge in [0.2, 0.25) is 0 Å². The predicted molar refractivity (Wildman–Crippen MR) is 60.5 cm³/mol. The van der Waals surface area contributed by atoms with Crippen LogP contribution in [0.3, 0.4) is 0 Å². The molecule has 2 aromatic heterocycles. The molecule has 0 fully saturated rings. The second kappa shape index (κ2) is 4.85. The van der Waals surface area contributed by atoms with E-state index in [1.807, 2.05) is 19.2 Å². The van der Waals surface area contributed by atoms with Crippen molar-refractivity contribution in [2.24, 2.45) is 7.05 Å². The van der Waals surface area contributed by atoms with E-state index in [4.69, 9.17) is 0 Å². The summed E-state index contributed by atoms with van der Waals surface area (Å²) in [5.74, 6) is 0. The smallest absolute Gasteiger partial charge is 0.0738 e. The number of pyridine rings is 1. The summed E-state index contributed by atoms with van der Waals surface area (Å²) in [6.45, 7) is 2.88. The van der Waals surface area contributed by atoms with Crippen molar-refractivity contribution in [3.8, 4) is 0 Å². The molecular weight excluding hydrogens is 202 g/mol. The number of aryl methyl sites for hydroxylation is 1. The SMILES string of the molecule is CC(NCc1cnnn1C)c1ccncc1. The monoisotopic (exact) mass is 217 g/mol. The molecule has 84 valence electrons. The van der Waals surface area contributed by atoms with Crippen LogP contribution in [-0.4, -0.2) is 20.0 Å². The largest absolute Gasteiger partial charge is 0.305 e. The molecule has 2 aromatic rings. The first-order valence-corrected chi connectivity index (χ1v) is 5.24. The van der Waals surface area contributed by atoms with Gasteiger partial charge in [-0.1, -0.05) is 5.21 Å². The highest BCUT2D eigenvalue weighted by atomic mass is 15.4. The summed E-state index contributed by atoms with van der Waals surface area (Å²) in [5.41, 5.74) is 2.30. The van der Waals surface area contributed by atoms with Crippen LogP contribution in [0.25, 0.3) is 0 Å². The minimum Gasteiger partial charge on any atom is -0.305 e. The Bertz CT molecular complexity index is 437. The normalized spacial score (nSPS) is 12.6. The van der Waals surface area contributed by atoms with Crippen LogP contribution in [-0.2, 0) is 13.6 Å². The lowest BCUT2D eigenvalue weighted by atomic mass is 10.1. The molecule has 5 heteroatoms. The van der Waals surface area contributed by atoms with E-state index < -0.39 is 0 Å². The first kappa shape index (κ1) is 10.8. The third-order valence-electron chi connectivity index (χ3n) is 2.60. The molecule has 0 spiro atoms. The molecule has 0 aliphatic carbocycles. The standard InChI is InChI=1S/C11H15N5/c1-9(10-3-5-12-6-4-10)13-7-11-8-14-15-16(11)2/h3-6,8-9,13H,7H2,1-2H3.